The molecule has 25 heavy (non-hydrogen) atoms. The average Bonchev–Trinajstić information content (AvgIpc) is 2.63. The Morgan fingerprint density at radius 2 is 1.84 bits per heavy atom. The van der Waals surface area contributed by atoms with E-state index in [1.807, 2.05) is 38.1 Å². The van der Waals surface area contributed by atoms with Crippen LogP contribution in [0.3, 0.4) is 0 Å². The van der Waals surface area contributed by atoms with E-state index in [2.05, 4.69) is 15.3 Å². The molecular formula is C19H26N4O2. The van der Waals surface area contributed by atoms with Gasteiger partial charge in [0.05, 0.1) is 7.11 Å². The molecule has 0 atom stereocenters. The monoisotopic (exact) mass is 342 g/mol. The maximum absolute atomic E-state index is 12.5. The van der Waals surface area contributed by atoms with Crippen LogP contribution in [0.25, 0.3) is 0 Å². The van der Waals surface area contributed by atoms with Crippen molar-refractivity contribution in [1.29, 1.82) is 0 Å². The summed E-state index contributed by atoms with van der Waals surface area (Å²) < 4.78 is 5.16. The Hall–Kier alpha value is -2.63. The number of rotatable bonds is 8. The molecule has 0 aliphatic carbocycles. The Labute approximate surface area is 149 Å². The van der Waals surface area contributed by atoms with E-state index >= 15 is 0 Å². The van der Waals surface area contributed by atoms with E-state index in [0.717, 1.165) is 18.7 Å². The van der Waals surface area contributed by atoms with Crippen molar-refractivity contribution < 1.29 is 9.53 Å². The second-order valence-electron chi connectivity index (χ2n) is 5.69. The van der Waals surface area contributed by atoms with Gasteiger partial charge in [-0.05, 0) is 44.9 Å². The fraction of sp³-hybridized carbons (Fsp3) is 0.421. The molecule has 2 rings (SSSR count). The van der Waals surface area contributed by atoms with Crippen molar-refractivity contribution >= 4 is 11.7 Å². The summed E-state index contributed by atoms with van der Waals surface area (Å²) in [5.74, 6) is 2.05. The maximum Gasteiger partial charge on any atom is 0.272 e. The predicted molar refractivity (Wildman–Crippen MR) is 99.2 cm³/mol. The molecular weight excluding hydrogens is 316 g/mol. The minimum atomic E-state index is -0.0614. The van der Waals surface area contributed by atoms with Gasteiger partial charge in [0.15, 0.2) is 0 Å². The Morgan fingerprint density at radius 3 is 2.44 bits per heavy atom. The standard InChI is InChI=1S/C19H26N4O2/c1-5-23(6-2)19(24)17-13-18(22-14(3)21-17)20-12-11-15-7-9-16(25-4)10-8-15/h7-10,13H,5-6,11-12H2,1-4H3,(H,20,21,22). The second-order valence-corrected chi connectivity index (χ2v) is 5.69. The van der Waals surface area contributed by atoms with Gasteiger partial charge in [0, 0.05) is 25.7 Å². The van der Waals surface area contributed by atoms with Crippen LogP contribution < -0.4 is 10.1 Å². The number of anilines is 1. The molecule has 6 nitrogen and oxygen atoms in total. The van der Waals surface area contributed by atoms with E-state index in [1.54, 1.807) is 25.0 Å². The first-order valence-electron chi connectivity index (χ1n) is 8.59. The summed E-state index contributed by atoms with van der Waals surface area (Å²) in [7, 11) is 1.66. The summed E-state index contributed by atoms with van der Waals surface area (Å²) in [5, 5.41) is 3.28. The Morgan fingerprint density at radius 1 is 1.16 bits per heavy atom. The number of ether oxygens (including phenoxy) is 1. The molecule has 0 unspecified atom stereocenters. The first-order valence-corrected chi connectivity index (χ1v) is 8.59. The molecule has 0 aliphatic rings. The van der Waals surface area contributed by atoms with E-state index in [-0.39, 0.29) is 5.91 Å². The van der Waals surface area contributed by atoms with Gasteiger partial charge in [0.25, 0.3) is 5.91 Å². The van der Waals surface area contributed by atoms with Gasteiger partial charge in [-0.1, -0.05) is 12.1 Å². The van der Waals surface area contributed by atoms with Crippen molar-refractivity contribution in [2.45, 2.75) is 27.2 Å². The summed E-state index contributed by atoms with van der Waals surface area (Å²) in [6.07, 6.45) is 0.854. The quantitative estimate of drug-likeness (QED) is 0.799. The Bertz CT molecular complexity index is 697. The minimum Gasteiger partial charge on any atom is -0.497 e. The number of hydrogen-bond donors (Lipinski definition) is 1. The molecule has 134 valence electrons. The number of aryl methyl sites for hydroxylation is 1. The molecule has 0 aliphatic heterocycles. The molecule has 0 fully saturated rings. The van der Waals surface area contributed by atoms with Crippen LogP contribution in [0.15, 0.2) is 30.3 Å². The van der Waals surface area contributed by atoms with Crippen molar-refractivity contribution in [1.82, 2.24) is 14.9 Å². The third-order valence-corrected chi connectivity index (χ3v) is 3.99. The van der Waals surface area contributed by atoms with Gasteiger partial charge in [-0.3, -0.25) is 4.79 Å². The molecule has 6 heteroatoms. The first kappa shape index (κ1) is 18.7. The van der Waals surface area contributed by atoms with Gasteiger partial charge in [0.1, 0.15) is 23.1 Å². The van der Waals surface area contributed by atoms with E-state index in [1.165, 1.54) is 5.56 Å². The van der Waals surface area contributed by atoms with Gasteiger partial charge < -0.3 is 15.0 Å². The van der Waals surface area contributed by atoms with E-state index in [4.69, 9.17) is 4.74 Å². The van der Waals surface area contributed by atoms with Crippen molar-refractivity contribution in [2.75, 3.05) is 32.1 Å². The van der Waals surface area contributed by atoms with Gasteiger partial charge in [-0.2, -0.15) is 0 Å². The fourth-order valence-corrected chi connectivity index (χ4v) is 2.57. The topological polar surface area (TPSA) is 67.4 Å². The summed E-state index contributed by atoms with van der Waals surface area (Å²) >= 11 is 0. The largest absolute Gasteiger partial charge is 0.497 e. The molecule has 1 N–H and O–H groups in total. The zero-order chi connectivity index (χ0) is 18.2. The highest BCUT2D eigenvalue weighted by molar-refractivity contribution is 5.93. The number of carbonyl (C=O) groups is 1. The highest BCUT2D eigenvalue weighted by atomic mass is 16.5. The summed E-state index contributed by atoms with van der Waals surface area (Å²) in [6, 6.07) is 9.71. The van der Waals surface area contributed by atoms with Crippen LogP contribution in [0.1, 0.15) is 35.7 Å². The predicted octanol–water partition coefficient (Wildman–Crippen LogP) is 2.93. The molecule has 0 bridgehead atoms. The Balaban J connectivity index is 2.00. The van der Waals surface area contributed by atoms with Crippen LogP contribution >= 0.6 is 0 Å². The zero-order valence-electron chi connectivity index (χ0n) is 15.4. The van der Waals surface area contributed by atoms with Crippen LogP contribution in [-0.4, -0.2) is 47.5 Å². The number of hydrogen-bond acceptors (Lipinski definition) is 5. The molecule has 0 saturated heterocycles. The lowest BCUT2D eigenvalue weighted by Gasteiger charge is -2.18. The molecule has 1 aromatic heterocycles. The maximum atomic E-state index is 12.5. The lowest BCUT2D eigenvalue weighted by molar-refractivity contribution is 0.0766. The molecule has 1 amide bonds. The first-order chi connectivity index (χ1) is 12.1. The molecule has 1 heterocycles. The number of carbonyl (C=O) groups excluding carboxylic acids is 1. The lowest BCUT2D eigenvalue weighted by Crippen LogP contribution is -2.31. The third-order valence-electron chi connectivity index (χ3n) is 3.99. The lowest BCUT2D eigenvalue weighted by atomic mass is 10.1. The van der Waals surface area contributed by atoms with Crippen molar-refractivity contribution in [2.24, 2.45) is 0 Å². The normalized spacial score (nSPS) is 10.4. The molecule has 1 aromatic carbocycles. The van der Waals surface area contributed by atoms with E-state index in [0.29, 0.717) is 30.4 Å². The van der Waals surface area contributed by atoms with E-state index < -0.39 is 0 Å². The number of aromatic nitrogens is 2. The van der Waals surface area contributed by atoms with Crippen LogP contribution in [0.2, 0.25) is 0 Å². The second kappa shape index (κ2) is 9.01. The third kappa shape index (κ3) is 5.17. The summed E-state index contributed by atoms with van der Waals surface area (Å²) in [4.78, 5) is 22.9. The van der Waals surface area contributed by atoms with Crippen LogP contribution in [0, 0.1) is 6.92 Å². The molecule has 0 spiro atoms. The number of amides is 1. The Kier molecular flexibility index (Phi) is 6.74. The molecule has 0 saturated carbocycles. The van der Waals surface area contributed by atoms with Crippen molar-refractivity contribution in [3.63, 3.8) is 0 Å². The van der Waals surface area contributed by atoms with E-state index in [9.17, 15) is 4.79 Å². The average molecular weight is 342 g/mol. The van der Waals surface area contributed by atoms with Gasteiger partial charge in [-0.15, -0.1) is 0 Å². The highest BCUT2D eigenvalue weighted by Gasteiger charge is 2.15. The minimum absolute atomic E-state index is 0.0614. The van der Waals surface area contributed by atoms with Gasteiger partial charge >= 0.3 is 0 Å². The number of nitrogens with one attached hydrogen (secondary N) is 1. The zero-order valence-corrected chi connectivity index (χ0v) is 15.4. The van der Waals surface area contributed by atoms with Crippen molar-refractivity contribution in [3.05, 3.63) is 47.4 Å². The smallest absolute Gasteiger partial charge is 0.272 e. The highest BCUT2D eigenvalue weighted by Crippen LogP contribution is 2.13. The summed E-state index contributed by atoms with van der Waals surface area (Å²) in [6.45, 7) is 7.78. The molecule has 2 aromatic rings. The molecule has 0 radical (unpaired) electrons. The number of nitrogens with zero attached hydrogens (tertiary/aromatic N) is 3. The van der Waals surface area contributed by atoms with Gasteiger partial charge in [0.2, 0.25) is 0 Å². The summed E-state index contributed by atoms with van der Waals surface area (Å²) in [5.41, 5.74) is 1.64. The fourth-order valence-electron chi connectivity index (χ4n) is 2.57. The van der Waals surface area contributed by atoms with Gasteiger partial charge in [-0.25, -0.2) is 9.97 Å². The number of methoxy groups -OCH3 is 1. The number of benzene rings is 1. The van der Waals surface area contributed by atoms with Crippen LogP contribution in [0.5, 0.6) is 5.75 Å². The van der Waals surface area contributed by atoms with Crippen LogP contribution in [0.4, 0.5) is 5.82 Å². The SMILES string of the molecule is CCN(CC)C(=O)c1cc(NCCc2ccc(OC)cc2)nc(C)n1. The van der Waals surface area contributed by atoms with Crippen molar-refractivity contribution in [3.8, 4) is 5.75 Å². The van der Waals surface area contributed by atoms with Crippen LogP contribution in [-0.2, 0) is 6.42 Å².